The molecule has 0 unspecified atom stereocenters. The van der Waals surface area contributed by atoms with Crippen LogP contribution in [0.15, 0.2) is 59.5 Å². The Labute approximate surface area is 216 Å². The molecule has 2 aromatic carbocycles. The predicted octanol–water partition coefficient (Wildman–Crippen LogP) is 5.68. The highest BCUT2D eigenvalue weighted by atomic mass is 16.6. The fraction of sp³-hybridized carbons (Fsp3) is 0.414. The standard InChI is InChI=1S/C29H34N4O4/c1-19(2)36-24-12-7-6-9-21(24)22-10-8-11-23-26(22)27-32(30-23)18-15-25(34)33(27)20-13-16-31(17-14-20)28(35)37-29(3,4)5/h6-12,15,18-20H,13-14,16-17H2,1-5H3. The van der Waals surface area contributed by atoms with Crippen LogP contribution in [0.2, 0.25) is 0 Å². The zero-order valence-electron chi connectivity index (χ0n) is 22.1. The van der Waals surface area contributed by atoms with Crippen LogP contribution in [0.25, 0.3) is 27.7 Å². The van der Waals surface area contributed by atoms with Crippen molar-refractivity contribution in [3.8, 4) is 16.9 Å². The van der Waals surface area contributed by atoms with Gasteiger partial charge >= 0.3 is 6.09 Å². The molecule has 0 aliphatic carbocycles. The molecular weight excluding hydrogens is 468 g/mol. The molecule has 1 aliphatic rings. The Hall–Kier alpha value is -3.81. The predicted molar refractivity (Wildman–Crippen MR) is 144 cm³/mol. The molecule has 1 amide bonds. The Morgan fingerprint density at radius 3 is 2.41 bits per heavy atom. The van der Waals surface area contributed by atoms with Crippen LogP contribution in [-0.4, -0.2) is 50.0 Å². The molecule has 5 rings (SSSR count). The monoisotopic (exact) mass is 502 g/mol. The third kappa shape index (κ3) is 4.92. The van der Waals surface area contributed by atoms with E-state index in [1.54, 1.807) is 21.7 Å². The van der Waals surface area contributed by atoms with E-state index in [4.69, 9.17) is 14.6 Å². The van der Waals surface area contributed by atoms with Crippen LogP contribution in [0.1, 0.15) is 53.5 Å². The second kappa shape index (κ2) is 9.57. The maximum atomic E-state index is 13.3. The van der Waals surface area contributed by atoms with Crippen LogP contribution in [0, 0.1) is 0 Å². The summed E-state index contributed by atoms with van der Waals surface area (Å²) in [5.74, 6) is 0.792. The SMILES string of the molecule is CC(C)Oc1ccccc1-c1cccc2nn3ccc(=O)n(C4CCN(C(=O)OC(C)(C)C)CC4)c3c12. The number of ether oxygens (including phenoxy) is 2. The molecule has 0 spiro atoms. The smallest absolute Gasteiger partial charge is 0.410 e. The second-order valence-electron chi connectivity index (χ2n) is 10.9. The Kier molecular flexibility index (Phi) is 6.43. The van der Waals surface area contributed by atoms with E-state index in [1.807, 2.05) is 75.6 Å². The lowest BCUT2D eigenvalue weighted by Crippen LogP contribution is -2.43. The van der Waals surface area contributed by atoms with Gasteiger partial charge in [0, 0.05) is 37.0 Å². The first kappa shape index (κ1) is 24.9. The average Bonchev–Trinajstić information content (AvgIpc) is 3.22. The largest absolute Gasteiger partial charge is 0.490 e. The van der Waals surface area contributed by atoms with Crippen molar-refractivity contribution in [2.75, 3.05) is 13.1 Å². The minimum atomic E-state index is -0.543. The van der Waals surface area contributed by atoms with Crippen LogP contribution >= 0.6 is 0 Å². The molecule has 8 nitrogen and oxygen atoms in total. The lowest BCUT2D eigenvalue weighted by Gasteiger charge is -2.34. The minimum Gasteiger partial charge on any atom is -0.490 e. The average molecular weight is 503 g/mol. The quantitative estimate of drug-likeness (QED) is 0.359. The highest BCUT2D eigenvalue weighted by molar-refractivity contribution is 6.05. The van der Waals surface area contributed by atoms with Crippen molar-refractivity contribution >= 4 is 22.6 Å². The van der Waals surface area contributed by atoms with Crippen LogP contribution in [0.4, 0.5) is 4.79 Å². The molecule has 37 heavy (non-hydrogen) atoms. The lowest BCUT2D eigenvalue weighted by molar-refractivity contribution is 0.0188. The molecule has 8 heteroatoms. The summed E-state index contributed by atoms with van der Waals surface area (Å²) < 4.78 is 15.3. The molecule has 2 aromatic heterocycles. The van der Waals surface area contributed by atoms with Gasteiger partial charge < -0.3 is 14.4 Å². The van der Waals surface area contributed by atoms with Crippen LogP contribution in [-0.2, 0) is 4.74 Å². The summed E-state index contributed by atoms with van der Waals surface area (Å²) in [6.45, 7) is 10.7. The number of fused-ring (bicyclic) bond motifs is 3. The summed E-state index contributed by atoms with van der Waals surface area (Å²) in [5, 5.41) is 5.72. The number of likely N-dealkylation sites (tertiary alicyclic amines) is 1. The summed E-state index contributed by atoms with van der Waals surface area (Å²) in [4.78, 5) is 27.6. The van der Waals surface area contributed by atoms with Gasteiger partial charge in [0.05, 0.1) is 17.0 Å². The summed E-state index contributed by atoms with van der Waals surface area (Å²) in [6.07, 6.45) is 2.75. The third-order valence-corrected chi connectivity index (χ3v) is 6.54. The van der Waals surface area contributed by atoms with Gasteiger partial charge in [0.1, 0.15) is 17.0 Å². The van der Waals surface area contributed by atoms with Gasteiger partial charge in [0.15, 0.2) is 0 Å². The van der Waals surface area contributed by atoms with E-state index >= 15 is 0 Å². The van der Waals surface area contributed by atoms with E-state index < -0.39 is 5.60 Å². The van der Waals surface area contributed by atoms with Gasteiger partial charge in [-0.3, -0.25) is 9.36 Å². The zero-order chi connectivity index (χ0) is 26.3. The molecule has 0 atom stereocenters. The number of benzene rings is 2. The first-order valence-corrected chi connectivity index (χ1v) is 12.9. The molecule has 1 saturated heterocycles. The Morgan fingerprint density at radius 1 is 1.00 bits per heavy atom. The normalized spacial score (nSPS) is 15.0. The molecule has 3 heterocycles. The lowest BCUT2D eigenvalue weighted by atomic mass is 9.99. The topological polar surface area (TPSA) is 78.1 Å². The number of hydrogen-bond donors (Lipinski definition) is 0. The number of para-hydroxylation sites is 1. The van der Waals surface area contributed by atoms with Gasteiger partial charge in [0.25, 0.3) is 5.56 Å². The number of carbonyl (C=O) groups is 1. The van der Waals surface area contributed by atoms with E-state index in [2.05, 4.69) is 6.07 Å². The Balaban J connectivity index is 1.59. The maximum Gasteiger partial charge on any atom is 0.410 e. The molecule has 1 fully saturated rings. The second-order valence-corrected chi connectivity index (χ2v) is 10.9. The number of rotatable bonds is 4. The molecule has 0 N–H and O–H groups in total. The van der Waals surface area contributed by atoms with E-state index in [0.717, 1.165) is 33.4 Å². The van der Waals surface area contributed by atoms with Gasteiger partial charge in [0.2, 0.25) is 0 Å². The number of nitrogens with zero attached hydrogens (tertiary/aromatic N) is 4. The van der Waals surface area contributed by atoms with Crippen molar-refractivity contribution in [2.24, 2.45) is 0 Å². The van der Waals surface area contributed by atoms with Crippen LogP contribution in [0.3, 0.4) is 0 Å². The van der Waals surface area contributed by atoms with Crippen molar-refractivity contribution in [3.63, 3.8) is 0 Å². The summed E-state index contributed by atoms with van der Waals surface area (Å²) in [5.41, 5.74) is 2.87. The van der Waals surface area contributed by atoms with Crippen molar-refractivity contribution in [2.45, 2.75) is 65.2 Å². The van der Waals surface area contributed by atoms with Gasteiger partial charge in [-0.05, 0) is 65.2 Å². The van der Waals surface area contributed by atoms with E-state index in [0.29, 0.717) is 25.9 Å². The first-order chi connectivity index (χ1) is 17.6. The molecule has 1 aliphatic heterocycles. The highest BCUT2D eigenvalue weighted by Gasteiger charge is 2.29. The maximum absolute atomic E-state index is 13.3. The number of hydrogen-bond acceptors (Lipinski definition) is 5. The van der Waals surface area contributed by atoms with Crippen LogP contribution < -0.4 is 10.3 Å². The summed E-state index contributed by atoms with van der Waals surface area (Å²) in [6, 6.07) is 15.5. The minimum absolute atomic E-state index is 0.0256. The van der Waals surface area contributed by atoms with Crippen molar-refractivity contribution in [1.29, 1.82) is 0 Å². The van der Waals surface area contributed by atoms with Gasteiger partial charge in [-0.2, -0.15) is 5.10 Å². The van der Waals surface area contributed by atoms with Crippen molar-refractivity contribution in [3.05, 3.63) is 65.1 Å². The molecule has 0 bridgehead atoms. The number of aromatic nitrogens is 3. The van der Waals surface area contributed by atoms with Gasteiger partial charge in [-0.1, -0.05) is 30.3 Å². The van der Waals surface area contributed by atoms with Gasteiger partial charge in [-0.25, -0.2) is 9.31 Å². The molecule has 194 valence electrons. The summed E-state index contributed by atoms with van der Waals surface area (Å²) >= 11 is 0. The number of carbonyl (C=O) groups excluding carboxylic acids is 1. The summed E-state index contributed by atoms with van der Waals surface area (Å²) in [7, 11) is 0. The van der Waals surface area contributed by atoms with E-state index in [-0.39, 0.29) is 23.8 Å². The molecule has 0 radical (unpaired) electrons. The Morgan fingerprint density at radius 2 is 1.70 bits per heavy atom. The fourth-order valence-corrected chi connectivity index (χ4v) is 5.05. The zero-order valence-corrected chi connectivity index (χ0v) is 22.1. The molecule has 4 aromatic rings. The molecule has 0 saturated carbocycles. The van der Waals surface area contributed by atoms with Crippen molar-refractivity contribution in [1.82, 2.24) is 19.1 Å². The van der Waals surface area contributed by atoms with E-state index in [1.165, 1.54) is 0 Å². The van der Waals surface area contributed by atoms with Gasteiger partial charge in [-0.15, -0.1) is 0 Å². The molecular formula is C29H34N4O4. The van der Waals surface area contributed by atoms with E-state index in [9.17, 15) is 9.59 Å². The first-order valence-electron chi connectivity index (χ1n) is 12.9. The fourth-order valence-electron chi connectivity index (χ4n) is 5.05. The number of piperidine rings is 1. The number of amides is 1. The Bertz CT molecular complexity index is 1500. The highest BCUT2D eigenvalue weighted by Crippen LogP contribution is 2.38. The third-order valence-electron chi connectivity index (χ3n) is 6.54. The van der Waals surface area contributed by atoms with Crippen LogP contribution in [0.5, 0.6) is 5.75 Å². The van der Waals surface area contributed by atoms with Crippen molar-refractivity contribution < 1.29 is 14.3 Å².